The van der Waals surface area contributed by atoms with Crippen molar-refractivity contribution < 1.29 is 12.8 Å². The normalized spacial score (nSPS) is 18.3. The average molecular weight is 272 g/mol. The molecule has 5 nitrogen and oxygen atoms in total. The third-order valence-corrected chi connectivity index (χ3v) is 5.34. The van der Waals surface area contributed by atoms with Gasteiger partial charge >= 0.3 is 0 Å². The van der Waals surface area contributed by atoms with E-state index in [2.05, 4.69) is 5.32 Å². The fourth-order valence-electron chi connectivity index (χ4n) is 2.21. The van der Waals surface area contributed by atoms with Crippen molar-refractivity contribution in [2.45, 2.75) is 19.4 Å². The molecule has 0 spiro atoms. The molecule has 1 fully saturated rings. The lowest BCUT2D eigenvalue weighted by Crippen LogP contribution is -2.36. The molecule has 0 aliphatic carbocycles. The molecule has 0 unspecified atom stereocenters. The summed E-state index contributed by atoms with van der Waals surface area (Å²) in [6.07, 6.45) is 5.02. The Kier molecular flexibility index (Phi) is 4.42. The summed E-state index contributed by atoms with van der Waals surface area (Å²) in [5.41, 5.74) is 0.881. The highest BCUT2D eigenvalue weighted by atomic mass is 32.2. The van der Waals surface area contributed by atoms with Crippen LogP contribution in [-0.4, -0.2) is 38.6 Å². The Morgan fingerprint density at radius 1 is 1.44 bits per heavy atom. The first-order valence-electron chi connectivity index (χ1n) is 6.24. The molecular weight excluding hydrogens is 252 g/mol. The minimum atomic E-state index is -3.17. The maximum atomic E-state index is 12.2. The zero-order valence-corrected chi connectivity index (χ0v) is 11.4. The molecule has 0 atom stereocenters. The van der Waals surface area contributed by atoms with Gasteiger partial charge < -0.3 is 9.73 Å². The van der Waals surface area contributed by atoms with Gasteiger partial charge in [0.15, 0.2) is 0 Å². The summed E-state index contributed by atoms with van der Waals surface area (Å²) in [5.74, 6) is 0.534. The maximum Gasteiger partial charge on any atom is 0.214 e. The van der Waals surface area contributed by atoms with E-state index in [0.717, 1.165) is 31.5 Å². The van der Waals surface area contributed by atoms with Crippen LogP contribution in [0.2, 0.25) is 0 Å². The van der Waals surface area contributed by atoms with E-state index in [1.54, 1.807) is 25.6 Å². The molecule has 0 saturated carbocycles. The van der Waals surface area contributed by atoms with Crippen LogP contribution in [0.5, 0.6) is 0 Å². The molecule has 0 radical (unpaired) electrons. The average Bonchev–Trinajstić information content (AvgIpc) is 2.82. The van der Waals surface area contributed by atoms with Gasteiger partial charge in [0.1, 0.15) is 0 Å². The Hall–Kier alpha value is -0.850. The summed E-state index contributed by atoms with van der Waals surface area (Å²) in [6.45, 7) is 2.22. The minimum absolute atomic E-state index is 0.253. The second-order valence-corrected chi connectivity index (χ2v) is 6.98. The maximum absolute atomic E-state index is 12.2. The summed E-state index contributed by atoms with van der Waals surface area (Å²) in [6, 6.07) is 1.79. The van der Waals surface area contributed by atoms with Crippen molar-refractivity contribution in [3.05, 3.63) is 24.2 Å². The summed E-state index contributed by atoms with van der Waals surface area (Å²) < 4.78 is 30.8. The van der Waals surface area contributed by atoms with Crippen molar-refractivity contribution in [3.8, 4) is 0 Å². The predicted octanol–water partition coefficient (Wildman–Crippen LogP) is 1.04. The monoisotopic (exact) mass is 272 g/mol. The number of rotatable bonds is 5. The Balaban J connectivity index is 1.92. The quantitative estimate of drug-likeness (QED) is 0.870. The standard InChI is InChI=1S/C12H20N2O3S/c1-14(8-12-4-7-17-9-12)18(15,16)10-11-2-5-13-6-3-11/h4,7,9,11,13H,2-3,5-6,8,10H2,1H3. The Morgan fingerprint density at radius 2 is 2.17 bits per heavy atom. The van der Waals surface area contributed by atoms with Crippen molar-refractivity contribution in [1.29, 1.82) is 0 Å². The second-order valence-electron chi connectivity index (χ2n) is 4.86. The topological polar surface area (TPSA) is 62.6 Å². The molecule has 1 aliphatic heterocycles. The van der Waals surface area contributed by atoms with Gasteiger partial charge in [-0.25, -0.2) is 12.7 Å². The molecule has 0 aromatic carbocycles. The molecule has 0 bridgehead atoms. The van der Waals surface area contributed by atoms with E-state index in [4.69, 9.17) is 4.42 Å². The lowest BCUT2D eigenvalue weighted by atomic mass is 10.0. The van der Waals surface area contributed by atoms with Gasteiger partial charge in [-0.1, -0.05) is 0 Å². The molecule has 1 aromatic heterocycles. The van der Waals surface area contributed by atoms with Crippen molar-refractivity contribution in [2.75, 3.05) is 25.9 Å². The van der Waals surface area contributed by atoms with Gasteiger partial charge in [-0.2, -0.15) is 0 Å². The summed E-state index contributed by atoms with van der Waals surface area (Å²) >= 11 is 0. The van der Waals surface area contributed by atoms with Crippen LogP contribution >= 0.6 is 0 Å². The highest BCUT2D eigenvalue weighted by Gasteiger charge is 2.24. The van der Waals surface area contributed by atoms with Crippen LogP contribution in [0.3, 0.4) is 0 Å². The number of sulfonamides is 1. The van der Waals surface area contributed by atoms with Crippen LogP contribution in [0.15, 0.2) is 23.0 Å². The van der Waals surface area contributed by atoms with Gasteiger partial charge in [-0.05, 0) is 37.9 Å². The molecule has 18 heavy (non-hydrogen) atoms. The van der Waals surface area contributed by atoms with Gasteiger partial charge in [-0.15, -0.1) is 0 Å². The van der Waals surface area contributed by atoms with Gasteiger partial charge in [0.25, 0.3) is 0 Å². The highest BCUT2D eigenvalue weighted by Crippen LogP contribution is 2.17. The molecule has 6 heteroatoms. The molecule has 2 heterocycles. The van der Waals surface area contributed by atoms with E-state index in [-0.39, 0.29) is 11.7 Å². The summed E-state index contributed by atoms with van der Waals surface area (Å²) in [4.78, 5) is 0. The lowest BCUT2D eigenvalue weighted by Gasteiger charge is -2.25. The van der Waals surface area contributed by atoms with E-state index < -0.39 is 10.0 Å². The molecular formula is C12H20N2O3S. The highest BCUT2D eigenvalue weighted by molar-refractivity contribution is 7.89. The molecule has 2 rings (SSSR count). The van der Waals surface area contributed by atoms with E-state index >= 15 is 0 Å². The SMILES string of the molecule is CN(Cc1ccoc1)S(=O)(=O)CC1CCNCC1. The van der Waals surface area contributed by atoms with Crippen LogP contribution in [0, 0.1) is 5.92 Å². The van der Waals surface area contributed by atoms with Gasteiger partial charge in [0, 0.05) is 19.2 Å². The van der Waals surface area contributed by atoms with E-state index in [1.165, 1.54) is 4.31 Å². The predicted molar refractivity (Wildman–Crippen MR) is 69.6 cm³/mol. The third kappa shape index (κ3) is 3.57. The number of furan rings is 1. The van der Waals surface area contributed by atoms with Crippen molar-refractivity contribution in [3.63, 3.8) is 0 Å². The Morgan fingerprint density at radius 3 is 2.78 bits per heavy atom. The van der Waals surface area contributed by atoms with Crippen LogP contribution in [0.1, 0.15) is 18.4 Å². The number of piperidine rings is 1. The molecule has 1 saturated heterocycles. The number of hydrogen-bond acceptors (Lipinski definition) is 4. The first-order valence-corrected chi connectivity index (χ1v) is 7.84. The smallest absolute Gasteiger partial charge is 0.214 e. The van der Waals surface area contributed by atoms with E-state index in [0.29, 0.717) is 6.54 Å². The molecule has 0 amide bonds. The molecule has 1 N–H and O–H groups in total. The zero-order valence-electron chi connectivity index (χ0n) is 10.6. The van der Waals surface area contributed by atoms with Crippen LogP contribution in [-0.2, 0) is 16.6 Å². The van der Waals surface area contributed by atoms with Crippen molar-refractivity contribution in [1.82, 2.24) is 9.62 Å². The molecule has 1 aromatic rings. The Labute approximate surface area is 108 Å². The van der Waals surface area contributed by atoms with Crippen molar-refractivity contribution in [2.24, 2.45) is 5.92 Å². The number of hydrogen-bond donors (Lipinski definition) is 1. The van der Waals surface area contributed by atoms with E-state index in [9.17, 15) is 8.42 Å². The second kappa shape index (κ2) is 5.86. The Bertz CT molecular complexity index is 450. The number of nitrogens with one attached hydrogen (secondary N) is 1. The van der Waals surface area contributed by atoms with Crippen LogP contribution in [0.4, 0.5) is 0 Å². The number of nitrogens with zero attached hydrogens (tertiary/aromatic N) is 1. The molecule has 102 valence electrons. The fraction of sp³-hybridized carbons (Fsp3) is 0.667. The zero-order chi connectivity index (χ0) is 13.0. The third-order valence-electron chi connectivity index (χ3n) is 3.37. The van der Waals surface area contributed by atoms with Gasteiger partial charge in [0.2, 0.25) is 10.0 Å². The van der Waals surface area contributed by atoms with Crippen LogP contribution in [0.25, 0.3) is 0 Å². The van der Waals surface area contributed by atoms with Gasteiger partial charge in [-0.3, -0.25) is 0 Å². The first kappa shape index (κ1) is 13.6. The van der Waals surface area contributed by atoms with Crippen LogP contribution < -0.4 is 5.32 Å². The lowest BCUT2D eigenvalue weighted by molar-refractivity contribution is 0.388. The fourth-order valence-corrected chi connectivity index (χ4v) is 3.74. The largest absolute Gasteiger partial charge is 0.472 e. The van der Waals surface area contributed by atoms with E-state index in [1.807, 2.05) is 0 Å². The van der Waals surface area contributed by atoms with Gasteiger partial charge in [0.05, 0.1) is 18.3 Å². The summed E-state index contributed by atoms with van der Waals surface area (Å²) in [5, 5.41) is 3.25. The first-order chi connectivity index (χ1) is 8.58. The minimum Gasteiger partial charge on any atom is -0.472 e. The van der Waals surface area contributed by atoms with Crippen molar-refractivity contribution >= 4 is 10.0 Å². The summed E-state index contributed by atoms with van der Waals surface area (Å²) in [7, 11) is -1.54. The molecule has 1 aliphatic rings.